The van der Waals surface area contributed by atoms with Crippen LogP contribution in [0.5, 0.6) is 11.5 Å². The molecule has 0 saturated carbocycles. The molecule has 1 unspecified atom stereocenters. The molecule has 0 bridgehead atoms. The van der Waals surface area contributed by atoms with E-state index in [2.05, 4.69) is 21.2 Å². The van der Waals surface area contributed by atoms with Crippen molar-refractivity contribution in [2.75, 3.05) is 31.3 Å². The molecular weight excluding hydrogens is 448 g/mol. The van der Waals surface area contributed by atoms with E-state index in [0.29, 0.717) is 21.7 Å². The van der Waals surface area contributed by atoms with Gasteiger partial charge in [-0.1, -0.05) is 12.1 Å². The highest BCUT2D eigenvalue weighted by atomic mass is 79.9. The second-order valence-electron chi connectivity index (χ2n) is 6.12. The number of anilines is 1. The minimum absolute atomic E-state index is 0.349. The molecule has 0 aromatic heterocycles. The van der Waals surface area contributed by atoms with Gasteiger partial charge in [0.25, 0.3) is 0 Å². The molecule has 0 spiro atoms. The van der Waals surface area contributed by atoms with Crippen molar-refractivity contribution in [3.05, 3.63) is 52.5 Å². The number of halogens is 1. The number of nitrogens with zero attached hydrogens (tertiary/aromatic N) is 1. The molecule has 1 N–H and O–H groups in total. The van der Waals surface area contributed by atoms with Crippen molar-refractivity contribution in [3.63, 3.8) is 0 Å². The number of para-hydroxylation sites is 1. The number of methoxy groups -OCH3 is 2. The molecule has 0 radical (unpaired) electrons. The van der Waals surface area contributed by atoms with E-state index < -0.39 is 22.0 Å². The zero-order chi connectivity index (χ0) is 20.9. The number of sulfonamides is 1. The Kier molecular flexibility index (Phi) is 7.31. The number of hydrogen-bond acceptors (Lipinski definition) is 5. The number of amides is 1. The van der Waals surface area contributed by atoms with E-state index in [9.17, 15) is 13.2 Å². The highest BCUT2D eigenvalue weighted by molar-refractivity contribution is 9.10. The van der Waals surface area contributed by atoms with E-state index in [4.69, 9.17) is 9.47 Å². The normalized spacial score (nSPS) is 12.2. The molecule has 0 aliphatic rings. The van der Waals surface area contributed by atoms with Crippen LogP contribution in [-0.2, 0) is 14.8 Å². The Labute approximate surface area is 173 Å². The third kappa shape index (κ3) is 5.39. The van der Waals surface area contributed by atoms with Crippen LogP contribution in [0.3, 0.4) is 0 Å². The van der Waals surface area contributed by atoms with Gasteiger partial charge in [-0.2, -0.15) is 0 Å². The summed E-state index contributed by atoms with van der Waals surface area (Å²) in [5.74, 6) is 0.779. The zero-order valence-corrected chi connectivity index (χ0v) is 18.5. The van der Waals surface area contributed by atoms with Crippen LogP contribution >= 0.6 is 15.9 Å². The van der Waals surface area contributed by atoms with Gasteiger partial charge in [0.1, 0.15) is 18.0 Å². The Morgan fingerprint density at radius 1 is 1.18 bits per heavy atom. The maximum absolute atomic E-state index is 12.6. The summed E-state index contributed by atoms with van der Waals surface area (Å²) < 4.78 is 36.7. The second kappa shape index (κ2) is 9.29. The summed E-state index contributed by atoms with van der Waals surface area (Å²) in [6.07, 6.45) is 1.06. The molecule has 2 aromatic rings. The molecule has 0 fully saturated rings. The van der Waals surface area contributed by atoms with Crippen LogP contribution in [0.2, 0.25) is 0 Å². The van der Waals surface area contributed by atoms with Crippen LogP contribution in [0.1, 0.15) is 18.5 Å². The highest BCUT2D eigenvalue weighted by Gasteiger charge is 2.24. The molecule has 0 aliphatic carbocycles. The first-order chi connectivity index (χ1) is 13.2. The first kappa shape index (κ1) is 22.0. The topological polar surface area (TPSA) is 84.9 Å². The van der Waals surface area contributed by atoms with Crippen LogP contribution in [0.15, 0.2) is 46.9 Å². The van der Waals surface area contributed by atoms with Crippen molar-refractivity contribution in [1.29, 1.82) is 0 Å². The van der Waals surface area contributed by atoms with E-state index in [0.717, 1.165) is 16.1 Å². The average molecular weight is 471 g/mol. The van der Waals surface area contributed by atoms with Gasteiger partial charge in [0, 0.05) is 10.0 Å². The monoisotopic (exact) mass is 470 g/mol. The van der Waals surface area contributed by atoms with Crippen LogP contribution in [-0.4, -0.2) is 41.3 Å². The maximum atomic E-state index is 12.6. The maximum Gasteiger partial charge on any atom is 0.241 e. The smallest absolute Gasteiger partial charge is 0.241 e. The summed E-state index contributed by atoms with van der Waals surface area (Å²) in [6.45, 7) is 1.44. The van der Waals surface area contributed by atoms with Crippen molar-refractivity contribution in [2.45, 2.75) is 13.0 Å². The molecule has 2 aromatic carbocycles. The minimum atomic E-state index is -3.66. The molecule has 0 aliphatic heterocycles. The van der Waals surface area contributed by atoms with Crippen molar-refractivity contribution in [1.82, 2.24) is 5.32 Å². The third-order valence-corrected chi connectivity index (χ3v) is 5.89. The number of hydrogen-bond donors (Lipinski definition) is 1. The molecule has 152 valence electrons. The van der Waals surface area contributed by atoms with E-state index in [1.54, 1.807) is 56.5 Å². The van der Waals surface area contributed by atoms with Gasteiger partial charge in [-0.3, -0.25) is 9.10 Å². The van der Waals surface area contributed by atoms with Gasteiger partial charge < -0.3 is 14.8 Å². The summed E-state index contributed by atoms with van der Waals surface area (Å²) in [7, 11) is -0.570. The highest BCUT2D eigenvalue weighted by Crippen LogP contribution is 2.30. The zero-order valence-electron chi connectivity index (χ0n) is 16.1. The quantitative estimate of drug-likeness (QED) is 0.640. The molecule has 1 atom stereocenters. The van der Waals surface area contributed by atoms with Gasteiger partial charge in [-0.15, -0.1) is 0 Å². The van der Waals surface area contributed by atoms with Crippen LogP contribution in [0, 0.1) is 0 Å². The summed E-state index contributed by atoms with van der Waals surface area (Å²) >= 11 is 3.33. The molecule has 2 rings (SSSR count). The Hall–Kier alpha value is -2.26. The molecule has 9 heteroatoms. The minimum Gasteiger partial charge on any atom is -0.497 e. The standard InChI is InChI=1S/C19H23BrN2O5S/c1-13(15-11-14(26-2)9-10-18(15)27-3)21-19(23)12-22(28(4,24)25)17-8-6-5-7-16(17)20/h5-11,13H,12H2,1-4H3,(H,21,23). The Balaban J connectivity index is 2.23. The van der Waals surface area contributed by atoms with Crippen molar-refractivity contribution >= 4 is 37.5 Å². The number of carbonyl (C=O) groups is 1. The van der Waals surface area contributed by atoms with E-state index in [1.165, 1.54) is 7.11 Å². The van der Waals surface area contributed by atoms with Crippen LogP contribution in [0.25, 0.3) is 0 Å². The van der Waals surface area contributed by atoms with Crippen LogP contribution < -0.4 is 19.1 Å². The first-order valence-electron chi connectivity index (χ1n) is 8.41. The lowest BCUT2D eigenvalue weighted by molar-refractivity contribution is -0.120. The molecule has 0 saturated heterocycles. The van der Waals surface area contributed by atoms with Gasteiger partial charge in [0.2, 0.25) is 15.9 Å². The number of nitrogens with one attached hydrogen (secondary N) is 1. The lowest BCUT2D eigenvalue weighted by atomic mass is 10.1. The van der Waals surface area contributed by atoms with Crippen LogP contribution in [0.4, 0.5) is 5.69 Å². The predicted molar refractivity (Wildman–Crippen MR) is 112 cm³/mol. The Morgan fingerprint density at radius 2 is 1.86 bits per heavy atom. The fourth-order valence-corrected chi connectivity index (χ4v) is 4.19. The molecule has 28 heavy (non-hydrogen) atoms. The lowest BCUT2D eigenvalue weighted by Gasteiger charge is -2.24. The summed E-state index contributed by atoms with van der Waals surface area (Å²) in [4.78, 5) is 12.6. The fraction of sp³-hybridized carbons (Fsp3) is 0.316. The van der Waals surface area contributed by atoms with Crippen molar-refractivity contribution < 1.29 is 22.7 Å². The first-order valence-corrected chi connectivity index (χ1v) is 11.0. The molecule has 7 nitrogen and oxygen atoms in total. The van der Waals surface area contributed by atoms with Gasteiger partial charge in [-0.25, -0.2) is 8.42 Å². The van der Waals surface area contributed by atoms with Gasteiger partial charge in [0.05, 0.1) is 32.2 Å². The number of carbonyl (C=O) groups excluding carboxylic acids is 1. The Bertz CT molecular complexity index is 949. The van der Waals surface area contributed by atoms with Gasteiger partial charge >= 0.3 is 0 Å². The Morgan fingerprint density at radius 3 is 2.43 bits per heavy atom. The van der Waals surface area contributed by atoms with E-state index >= 15 is 0 Å². The van der Waals surface area contributed by atoms with Gasteiger partial charge in [0.15, 0.2) is 0 Å². The van der Waals surface area contributed by atoms with Crippen molar-refractivity contribution in [2.24, 2.45) is 0 Å². The number of ether oxygens (including phenoxy) is 2. The molecule has 0 heterocycles. The number of benzene rings is 2. The summed E-state index contributed by atoms with van der Waals surface area (Å²) in [5.41, 5.74) is 1.12. The van der Waals surface area contributed by atoms with E-state index in [1.807, 2.05) is 0 Å². The third-order valence-electron chi connectivity index (χ3n) is 4.09. The fourth-order valence-electron chi connectivity index (χ4n) is 2.71. The second-order valence-corrected chi connectivity index (χ2v) is 8.88. The molecule has 1 amide bonds. The summed E-state index contributed by atoms with van der Waals surface area (Å²) in [5, 5.41) is 2.82. The van der Waals surface area contributed by atoms with E-state index in [-0.39, 0.29) is 6.54 Å². The predicted octanol–water partition coefficient (Wildman–Crippen LogP) is 3.11. The lowest BCUT2D eigenvalue weighted by Crippen LogP contribution is -2.41. The average Bonchev–Trinajstić information content (AvgIpc) is 2.65. The number of rotatable bonds is 8. The summed E-state index contributed by atoms with van der Waals surface area (Å²) in [6, 6.07) is 11.7. The van der Waals surface area contributed by atoms with Crippen molar-refractivity contribution in [3.8, 4) is 11.5 Å². The SMILES string of the molecule is COc1ccc(OC)c(C(C)NC(=O)CN(c2ccccc2Br)S(C)(=O)=O)c1. The molecular formula is C19H23BrN2O5S. The largest absolute Gasteiger partial charge is 0.497 e. The van der Waals surface area contributed by atoms with Gasteiger partial charge in [-0.05, 0) is 53.2 Å².